The van der Waals surface area contributed by atoms with Gasteiger partial charge in [-0.05, 0) is 63.2 Å². The molecular weight excluding hydrogens is 518 g/mol. The van der Waals surface area contributed by atoms with Crippen LogP contribution in [0, 0.1) is 0 Å². The highest BCUT2D eigenvalue weighted by atomic mass is 16.6. The molecule has 0 spiro atoms. The molecule has 9 nitrogen and oxygen atoms in total. The summed E-state index contributed by atoms with van der Waals surface area (Å²) in [5, 5.41) is 12.6. The molecule has 3 saturated heterocycles. The summed E-state index contributed by atoms with van der Waals surface area (Å²) in [5.41, 5.74) is 2.77. The van der Waals surface area contributed by atoms with E-state index in [0.29, 0.717) is 0 Å². The van der Waals surface area contributed by atoms with Gasteiger partial charge in [0.15, 0.2) is 0 Å². The van der Waals surface area contributed by atoms with E-state index < -0.39 is 6.09 Å². The lowest BCUT2D eigenvalue weighted by atomic mass is 10.0. The number of hydrogen-bond acceptors (Lipinski definition) is 6. The van der Waals surface area contributed by atoms with Gasteiger partial charge in [-0.25, -0.2) is 9.59 Å². The SMILES string of the molecule is O=C(Nc1ccccc1-c1ccccc1)OC1CCN(CCCN2CCN(CCCN3CCC(O)CC3)C2=O)CC1. The molecule has 2 aromatic carbocycles. The number of carbonyl (C=O) groups is 2. The number of urea groups is 1. The monoisotopic (exact) mass is 563 g/mol. The summed E-state index contributed by atoms with van der Waals surface area (Å²) < 4.78 is 5.77. The maximum Gasteiger partial charge on any atom is 0.411 e. The highest BCUT2D eigenvalue weighted by Gasteiger charge is 2.28. The normalized spacial score (nSPS) is 19.6. The number of carbonyl (C=O) groups excluding carboxylic acids is 2. The number of nitrogens with zero attached hydrogens (tertiary/aromatic N) is 4. The van der Waals surface area contributed by atoms with Gasteiger partial charge in [-0.15, -0.1) is 0 Å². The second-order valence-electron chi connectivity index (χ2n) is 11.5. The fraction of sp³-hybridized carbons (Fsp3) is 0.562. The standard InChI is InChI=1S/C32H45N5O4/c38-27-12-20-34(21-13-27)16-6-18-36-24-25-37(32(36)40)19-7-17-35-22-14-28(15-23-35)41-31(39)33-30-11-5-4-10-29(30)26-8-2-1-3-9-26/h1-5,8-11,27-28,38H,6-7,12-25H2,(H,33,39). The Morgan fingerprint density at radius 3 is 1.95 bits per heavy atom. The van der Waals surface area contributed by atoms with Gasteiger partial charge in [0, 0.05) is 57.9 Å². The van der Waals surface area contributed by atoms with Gasteiger partial charge in [-0.1, -0.05) is 48.5 Å². The number of rotatable bonds is 11. The van der Waals surface area contributed by atoms with Crippen LogP contribution in [0.4, 0.5) is 15.3 Å². The minimum atomic E-state index is -0.404. The van der Waals surface area contributed by atoms with E-state index in [-0.39, 0.29) is 18.2 Å². The van der Waals surface area contributed by atoms with Gasteiger partial charge in [0.25, 0.3) is 0 Å². The van der Waals surface area contributed by atoms with Crippen molar-refractivity contribution >= 4 is 17.8 Å². The van der Waals surface area contributed by atoms with Crippen molar-refractivity contribution in [3.63, 3.8) is 0 Å². The molecular formula is C32H45N5O4. The maximum absolute atomic E-state index is 12.8. The first-order chi connectivity index (χ1) is 20.0. The van der Waals surface area contributed by atoms with E-state index in [1.165, 1.54) is 0 Å². The number of benzene rings is 2. The quantitative estimate of drug-likeness (QED) is 0.423. The van der Waals surface area contributed by atoms with Crippen LogP contribution in [-0.4, -0.2) is 114 Å². The minimum Gasteiger partial charge on any atom is -0.446 e. The fourth-order valence-corrected chi connectivity index (χ4v) is 6.16. The summed E-state index contributed by atoms with van der Waals surface area (Å²) in [5.74, 6) is 0. The molecule has 0 aromatic heterocycles. The minimum absolute atomic E-state index is 0.0844. The third kappa shape index (κ3) is 8.44. The molecule has 0 radical (unpaired) electrons. The summed E-state index contributed by atoms with van der Waals surface area (Å²) in [6.07, 6.45) is 4.68. The molecule has 0 bridgehead atoms. The Hall–Kier alpha value is -3.14. The number of hydrogen-bond donors (Lipinski definition) is 2. The average molecular weight is 564 g/mol. The molecule has 3 heterocycles. The van der Waals surface area contributed by atoms with Crippen LogP contribution in [0.2, 0.25) is 0 Å². The maximum atomic E-state index is 12.8. The average Bonchev–Trinajstić information content (AvgIpc) is 3.34. The van der Waals surface area contributed by atoms with Crippen molar-refractivity contribution in [2.45, 2.75) is 50.7 Å². The third-order valence-corrected chi connectivity index (χ3v) is 8.60. The summed E-state index contributed by atoms with van der Waals surface area (Å²) >= 11 is 0. The zero-order chi connectivity index (χ0) is 28.4. The molecule has 3 fully saturated rings. The summed E-state index contributed by atoms with van der Waals surface area (Å²) in [4.78, 5) is 34.3. The van der Waals surface area contributed by atoms with Crippen molar-refractivity contribution in [3.8, 4) is 11.1 Å². The molecule has 2 aromatic rings. The van der Waals surface area contributed by atoms with Crippen molar-refractivity contribution in [1.82, 2.24) is 19.6 Å². The van der Waals surface area contributed by atoms with Gasteiger partial charge in [0.05, 0.1) is 11.8 Å². The van der Waals surface area contributed by atoms with Crippen molar-refractivity contribution in [3.05, 3.63) is 54.6 Å². The largest absolute Gasteiger partial charge is 0.446 e. The summed E-state index contributed by atoms with van der Waals surface area (Å²) in [6.45, 7) is 8.89. The van der Waals surface area contributed by atoms with Gasteiger partial charge in [0.2, 0.25) is 0 Å². The van der Waals surface area contributed by atoms with Crippen LogP contribution in [0.1, 0.15) is 38.5 Å². The summed E-state index contributed by atoms with van der Waals surface area (Å²) in [7, 11) is 0. The van der Waals surface area contributed by atoms with Crippen molar-refractivity contribution in [2.24, 2.45) is 0 Å². The molecule has 2 N–H and O–H groups in total. The molecule has 0 saturated carbocycles. The molecule has 0 atom stereocenters. The predicted octanol–water partition coefficient (Wildman–Crippen LogP) is 4.34. The molecule has 0 aliphatic carbocycles. The van der Waals surface area contributed by atoms with Crippen LogP contribution in [0.25, 0.3) is 11.1 Å². The zero-order valence-electron chi connectivity index (χ0n) is 24.1. The molecule has 0 unspecified atom stereocenters. The van der Waals surface area contributed by atoms with Crippen LogP contribution in [0.5, 0.6) is 0 Å². The number of para-hydroxylation sites is 1. The fourth-order valence-electron chi connectivity index (χ4n) is 6.16. The summed E-state index contributed by atoms with van der Waals surface area (Å²) in [6, 6.07) is 18.0. The Kier molecular flexibility index (Phi) is 10.5. The molecule has 3 aliphatic heterocycles. The lowest BCUT2D eigenvalue weighted by Crippen LogP contribution is -2.40. The highest BCUT2D eigenvalue weighted by molar-refractivity contribution is 5.91. The van der Waals surface area contributed by atoms with Gasteiger partial charge in [0.1, 0.15) is 6.10 Å². The van der Waals surface area contributed by atoms with Gasteiger partial charge in [-0.2, -0.15) is 0 Å². The zero-order valence-corrected chi connectivity index (χ0v) is 24.1. The molecule has 3 aliphatic rings. The molecule has 9 heteroatoms. The number of ether oxygens (including phenoxy) is 1. The van der Waals surface area contributed by atoms with Crippen LogP contribution < -0.4 is 5.32 Å². The number of nitrogens with one attached hydrogen (secondary N) is 1. The Morgan fingerprint density at radius 2 is 1.32 bits per heavy atom. The lowest BCUT2D eigenvalue weighted by Gasteiger charge is -2.32. The van der Waals surface area contributed by atoms with Crippen molar-refractivity contribution < 1.29 is 19.4 Å². The van der Waals surface area contributed by atoms with E-state index >= 15 is 0 Å². The lowest BCUT2D eigenvalue weighted by molar-refractivity contribution is 0.0581. The first-order valence-electron chi connectivity index (χ1n) is 15.3. The van der Waals surface area contributed by atoms with Gasteiger partial charge < -0.3 is 29.4 Å². The van der Waals surface area contributed by atoms with E-state index in [1.54, 1.807) is 0 Å². The third-order valence-electron chi connectivity index (χ3n) is 8.60. The first-order valence-corrected chi connectivity index (χ1v) is 15.3. The Balaban J connectivity index is 0.956. The van der Waals surface area contributed by atoms with Crippen molar-refractivity contribution in [2.75, 3.05) is 70.8 Å². The molecule has 5 rings (SSSR count). The smallest absolute Gasteiger partial charge is 0.411 e. The van der Waals surface area contributed by atoms with E-state index in [0.717, 1.165) is 121 Å². The number of amides is 3. The van der Waals surface area contributed by atoms with Crippen LogP contribution in [-0.2, 0) is 4.74 Å². The number of aliphatic hydroxyl groups excluding tert-OH is 1. The number of aliphatic hydroxyl groups is 1. The van der Waals surface area contributed by atoms with Crippen LogP contribution in [0.15, 0.2) is 54.6 Å². The van der Waals surface area contributed by atoms with E-state index in [1.807, 2.05) is 64.4 Å². The van der Waals surface area contributed by atoms with Gasteiger partial charge in [-0.3, -0.25) is 5.32 Å². The Bertz CT molecular complexity index is 1120. The molecule has 3 amide bonds. The Morgan fingerprint density at radius 1 is 0.756 bits per heavy atom. The van der Waals surface area contributed by atoms with E-state index in [2.05, 4.69) is 15.1 Å². The van der Waals surface area contributed by atoms with Crippen molar-refractivity contribution in [1.29, 1.82) is 0 Å². The van der Waals surface area contributed by atoms with Crippen LogP contribution >= 0.6 is 0 Å². The number of anilines is 1. The van der Waals surface area contributed by atoms with Crippen LogP contribution in [0.3, 0.4) is 0 Å². The molecule has 41 heavy (non-hydrogen) atoms. The predicted molar refractivity (Wildman–Crippen MR) is 161 cm³/mol. The number of likely N-dealkylation sites (tertiary alicyclic amines) is 2. The Labute approximate surface area is 244 Å². The molecule has 222 valence electrons. The van der Waals surface area contributed by atoms with Gasteiger partial charge >= 0.3 is 12.1 Å². The van der Waals surface area contributed by atoms with E-state index in [4.69, 9.17) is 4.74 Å². The highest BCUT2D eigenvalue weighted by Crippen LogP contribution is 2.28. The topological polar surface area (TPSA) is 88.6 Å². The second kappa shape index (κ2) is 14.7. The van der Waals surface area contributed by atoms with E-state index in [9.17, 15) is 14.7 Å². The second-order valence-corrected chi connectivity index (χ2v) is 11.5. The number of piperidine rings is 2. The first kappa shape index (κ1) is 29.4.